The number of fused-ring (bicyclic) bond motifs is 3. The van der Waals surface area contributed by atoms with Crippen molar-refractivity contribution in [1.82, 2.24) is 19.5 Å². The van der Waals surface area contributed by atoms with E-state index in [1.165, 1.54) is 19.3 Å². The Morgan fingerprint density at radius 1 is 1.14 bits per heavy atom. The molecule has 2 bridgehead atoms. The van der Waals surface area contributed by atoms with Gasteiger partial charge in [0.2, 0.25) is 5.91 Å². The van der Waals surface area contributed by atoms with Gasteiger partial charge in [-0.1, -0.05) is 13.8 Å². The molecule has 1 amide bonds. The second kappa shape index (κ2) is 9.53. The first kappa shape index (κ1) is 24.8. The highest BCUT2D eigenvalue weighted by atomic mass is 16.5. The molecule has 2 saturated carbocycles. The Morgan fingerprint density at radius 3 is 2.42 bits per heavy atom. The van der Waals surface area contributed by atoms with Gasteiger partial charge in [-0.15, -0.1) is 0 Å². The monoisotopic (exact) mass is 488 g/mol. The minimum absolute atomic E-state index is 0.0483. The van der Waals surface area contributed by atoms with E-state index in [9.17, 15) is 4.79 Å². The number of amides is 1. The summed E-state index contributed by atoms with van der Waals surface area (Å²) < 4.78 is 7.24. The molecule has 2 fully saturated rings. The number of benzene rings is 1. The van der Waals surface area contributed by atoms with Gasteiger partial charge in [0, 0.05) is 35.1 Å². The van der Waals surface area contributed by atoms with Crippen molar-refractivity contribution in [2.75, 3.05) is 14.2 Å². The lowest BCUT2D eigenvalue weighted by Crippen LogP contribution is -2.55. The summed E-state index contributed by atoms with van der Waals surface area (Å²) in [5.41, 5.74) is 5.37. The lowest BCUT2D eigenvalue weighted by Gasteiger charge is -2.52. The van der Waals surface area contributed by atoms with E-state index >= 15 is 0 Å². The van der Waals surface area contributed by atoms with E-state index in [4.69, 9.17) is 14.8 Å². The van der Waals surface area contributed by atoms with Gasteiger partial charge in [0.15, 0.2) is 5.65 Å². The Labute approximate surface area is 215 Å². The molecule has 2 aromatic heterocycles. The zero-order valence-corrected chi connectivity index (χ0v) is 22.7. The number of aromatic nitrogens is 3. The van der Waals surface area contributed by atoms with E-state index in [1.54, 1.807) is 7.11 Å². The van der Waals surface area contributed by atoms with Crippen LogP contribution in [0.1, 0.15) is 69.3 Å². The van der Waals surface area contributed by atoms with Gasteiger partial charge in [0.25, 0.3) is 0 Å². The third-order valence-corrected chi connectivity index (χ3v) is 8.90. The molecule has 36 heavy (non-hydrogen) atoms. The summed E-state index contributed by atoms with van der Waals surface area (Å²) in [4.78, 5) is 20.9. The summed E-state index contributed by atoms with van der Waals surface area (Å²) in [6, 6.07) is 9.94. The number of aryl methyl sites for hydroxylation is 2. The minimum Gasteiger partial charge on any atom is -0.497 e. The maximum atomic E-state index is 14.0. The highest BCUT2D eigenvalue weighted by Gasteiger charge is 2.46. The zero-order valence-electron chi connectivity index (χ0n) is 22.7. The third-order valence-electron chi connectivity index (χ3n) is 8.90. The highest BCUT2D eigenvalue weighted by molar-refractivity contribution is 5.85. The van der Waals surface area contributed by atoms with Crippen LogP contribution in [0.15, 0.2) is 30.3 Å². The van der Waals surface area contributed by atoms with Crippen molar-refractivity contribution in [2.24, 2.45) is 17.8 Å². The van der Waals surface area contributed by atoms with E-state index in [-0.39, 0.29) is 11.4 Å². The molecule has 2 heterocycles. The molecule has 0 radical (unpaired) electrons. The van der Waals surface area contributed by atoms with Gasteiger partial charge in [-0.25, -0.2) is 9.50 Å². The largest absolute Gasteiger partial charge is 0.497 e. The predicted octanol–water partition coefficient (Wildman–Crippen LogP) is 6.02. The van der Waals surface area contributed by atoms with Gasteiger partial charge in [-0.05, 0) is 100 Å². The van der Waals surface area contributed by atoms with E-state index in [2.05, 4.69) is 18.7 Å². The molecule has 2 atom stereocenters. The topological polar surface area (TPSA) is 59.7 Å². The van der Waals surface area contributed by atoms with Crippen LogP contribution in [-0.2, 0) is 11.2 Å². The standard InChI is InChI=1S/C30H40N4O2/c1-7-30(17-22-12-19(2)13-23(15-22)18-30)33(5)27(35)16-26-28(24-8-10-25(36-6)11-9-24)32-34-21(4)14-20(3)31-29(26)34/h8-11,14,19,22-23H,7,12-13,15-18H2,1-6H3. The van der Waals surface area contributed by atoms with Gasteiger partial charge >= 0.3 is 0 Å². The number of ether oxygens (including phenoxy) is 1. The first-order valence-corrected chi connectivity index (χ1v) is 13.5. The molecule has 192 valence electrons. The number of carbonyl (C=O) groups is 1. The maximum Gasteiger partial charge on any atom is 0.227 e. The molecule has 2 aliphatic carbocycles. The van der Waals surface area contributed by atoms with Crippen LogP contribution in [0.25, 0.3) is 16.9 Å². The summed E-state index contributed by atoms with van der Waals surface area (Å²) in [7, 11) is 3.71. The molecule has 6 heteroatoms. The Balaban J connectivity index is 1.51. The number of carbonyl (C=O) groups excluding carboxylic acids is 1. The van der Waals surface area contributed by atoms with Crippen LogP contribution in [-0.4, -0.2) is 45.1 Å². The van der Waals surface area contributed by atoms with Crippen LogP contribution in [0.2, 0.25) is 0 Å². The average Bonchev–Trinajstić information content (AvgIpc) is 3.21. The third kappa shape index (κ3) is 4.39. The lowest BCUT2D eigenvalue weighted by atomic mass is 9.61. The number of methoxy groups -OCH3 is 1. The Hall–Kier alpha value is -2.89. The quantitative estimate of drug-likeness (QED) is 0.426. The predicted molar refractivity (Wildman–Crippen MR) is 143 cm³/mol. The fourth-order valence-corrected chi connectivity index (χ4v) is 7.23. The highest BCUT2D eigenvalue weighted by Crippen LogP contribution is 2.49. The number of nitrogens with zero attached hydrogens (tertiary/aromatic N) is 4. The fourth-order valence-electron chi connectivity index (χ4n) is 7.23. The second-order valence-electron chi connectivity index (χ2n) is 11.5. The van der Waals surface area contributed by atoms with Crippen LogP contribution in [0, 0.1) is 31.6 Å². The van der Waals surface area contributed by atoms with Crippen LogP contribution in [0.5, 0.6) is 5.75 Å². The molecule has 2 aliphatic rings. The molecular formula is C30H40N4O2. The van der Waals surface area contributed by atoms with Crippen molar-refractivity contribution in [3.8, 4) is 17.0 Å². The molecule has 2 unspecified atom stereocenters. The first-order valence-electron chi connectivity index (χ1n) is 13.5. The number of likely N-dealkylation sites (N-methyl/N-ethyl adjacent to an activating group) is 1. The molecule has 1 aromatic carbocycles. The molecule has 6 nitrogen and oxygen atoms in total. The van der Waals surface area contributed by atoms with Crippen LogP contribution < -0.4 is 4.74 Å². The Morgan fingerprint density at radius 2 is 1.81 bits per heavy atom. The van der Waals surface area contributed by atoms with Crippen molar-refractivity contribution in [2.45, 2.75) is 78.2 Å². The second-order valence-corrected chi connectivity index (χ2v) is 11.5. The summed E-state index contributed by atoms with van der Waals surface area (Å²) in [6.45, 7) is 8.70. The summed E-state index contributed by atoms with van der Waals surface area (Å²) in [6.07, 6.45) is 7.51. The molecule has 5 rings (SSSR count). The fraction of sp³-hybridized carbons (Fsp3) is 0.567. The van der Waals surface area contributed by atoms with E-state index in [1.807, 2.05) is 55.7 Å². The minimum atomic E-state index is -0.0483. The van der Waals surface area contributed by atoms with Crippen LogP contribution in [0.3, 0.4) is 0 Å². The van der Waals surface area contributed by atoms with E-state index in [0.29, 0.717) is 6.42 Å². The van der Waals surface area contributed by atoms with Crippen molar-refractivity contribution < 1.29 is 9.53 Å². The number of hydrogen-bond acceptors (Lipinski definition) is 4. The van der Waals surface area contributed by atoms with Gasteiger partial charge in [0.1, 0.15) is 5.75 Å². The van der Waals surface area contributed by atoms with Gasteiger partial charge in [-0.2, -0.15) is 5.10 Å². The van der Waals surface area contributed by atoms with Gasteiger partial charge in [-0.3, -0.25) is 4.79 Å². The van der Waals surface area contributed by atoms with Crippen LogP contribution in [0.4, 0.5) is 0 Å². The Bertz CT molecular complexity index is 1240. The van der Waals surface area contributed by atoms with Gasteiger partial charge in [0.05, 0.1) is 19.2 Å². The normalized spacial score (nSPS) is 25.7. The summed E-state index contributed by atoms with van der Waals surface area (Å²) >= 11 is 0. The van der Waals surface area contributed by atoms with Crippen molar-refractivity contribution in [3.05, 3.63) is 47.3 Å². The number of rotatable bonds is 6. The number of hydrogen-bond donors (Lipinski definition) is 0. The molecular weight excluding hydrogens is 448 g/mol. The molecule has 0 spiro atoms. The first-order chi connectivity index (χ1) is 17.2. The van der Waals surface area contributed by atoms with E-state index in [0.717, 1.165) is 76.6 Å². The summed E-state index contributed by atoms with van der Waals surface area (Å²) in [5.74, 6) is 3.25. The molecule has 0 N–H and O–H groups in total. The lowest BCUT2D eigenvalue weighted by molar-refractivity contribution is -0.139. The zero-order chi connectivity index (χ0) is 25.6. The van der Waals surface area contributed by atoms with E-state index < -0.39 is 0 Å². The van der Waals surface area contributed by atoms with Gasteiger partial charge < -0.3 is 9.64 Å². The van der Waals surface area contributed by atoms with Crippen molar-refractivity contribution >= 4 is 11.6 Å². The average molecular weight is 489 g/mol. The summed E-state index contributed by atoms with van der Waals surface area (Å²) in [5, 5.41) is 4.94. The van der Waals surface area contributed by atoms with Crippen molar-refractivity contribution in [1.29, 1.82) is 0 Å². The SMILES string of the molecule is CCC1(N(C)C(=O)Cc2c(-c3ccc(OC)cc3)nn3c(C)cc(C)nc23)CC2CC(C)CC(C2)C1. The molecule has 0 saturated heterocycles. The van der Waals surface area contributed by atoms with Crippen LogP contribution >= 0.6 is 0 Å². The Kier molecular flexibility index (Phi) is 6.56. The van der Waals surface area contributed by atoms with Crippen molar-refractivity contribution in [3.63, 3.8) is 0 Å². The molecule has 3 aromatic rings. The smallest absolute Gasteiger partial charge is 0.227 e. The molecule has 0 aliphatic heterocycles. The maximum absolute atomic E-state index is 14.0.